The molecule has 3 nitrogen and oxygen atoms in total. The lowest BCUT2D eigenvalue weighted by molar-refractivity contribution is -0.158. The zero-order valence-corrected chi connectivity index (χ0v) is 14.8. The standard InChI is InChI=1S/C20H31NO2/c1-20(2,3)23-19(22)18(14-16-10-6-4-7-11-16)21-15-17-12-8-5-9-13-17/h5,8-9,12-13,16,18,21H,4,6-7,10-11,14-15H2,1-3H3. The molecule has 1 aliphatic rings. The molecule has 1 aromatic rings. The molecule has 1 atom stereocenters. The molecule has 0 aromatic heterocycles. The van der Waals surface area contributed by atoms with Gasteiger partial charge in [-0.1, -0.05) is 62.4 Å². The van der Waals surface area contributed by atoms with Crippen LogP contribution in [0.2, 0.25) is 0 Å². The molecule has 1 aliphatic carbocycles. The van der Waals surface area contributed by atoms with Crippen LogP contribution in [0.15, 0.2) is 30.3 Å². The quantitative estimate of drug-likeness (QED) is 0.787. The predicted octanol–water partition coefficient (Wildman–Crippen LogP) is 4.46. The van der Waals surface area contributed by atoms with Gasteiger partial charge in [-0.3, -0.25) is 4.79 Å². The van der Waals surface area contributed by atoms with Crippen molar-refractivity contribution >= 4 is 5.97 Å². The van der Waals surface area contributed by atoms with Gasteiger partial charge in [-0.15, -0.1) is 0 Å². The molecule has 0 radical (unpaired) electrons. The molecule has 0 amide bonds. The lowest BCUT2D eigenvalue weighted by Gasteiger charge is -2.29. The molecular weight excluding hydrogens is 286 g/mol. The van der Waals surface area contributed by atoms with Crippen LogP contribution in [0.1, 0.15) is 64.9 Å². The van der Waals surface area contributed by atoms with Crippen molar-refractivity contribution in [1.82, 2.24) is 5.32 Å². The van der Waals surface area contributed by atoms with Crippen molar-refractivity contribution in [3.63, 3.8) is 0 Å². The predicted molar refractivity (Wildman–Crippen MR) is 94.1 cm³/mol. The summed E-state index contributed by atoms with van der Waals surface area (Å²) in [6.07, 6.45) is 7.31. The van der Waals surface area contributed by atoms with E-state index >= 15 is 0 Å². The van der Waals surface area contributed by atoms with E-state index in [1.165, 1.54) is 37.7 Å². The average Bonchev–Trinajstić information content (AvgIpc) is 2.51. The summed E-state index contributed by atoms with van der Waals surface area (Å²) in [5.41, 5.74) is 0.765. The summed E-state index contributed by atoms with van der Waals surface area (Å²) in [6.45, 7) is 6.50. The Kier molecular flexibility index (Phi) is 6.64. The summed E-state index contributed by atoms with van der Waals surface area (Å²) in [7, 11) is 0. The summed E-state index contributed by atoms with van der Waals surface area (Å²) in [6, 6.07) is 10.0. The molecule has 0 spiro atoms. The van der Waals surface area contributed by atoms with Crippen molar-refractivity contribution in [3.05, 3.63) is 35.9 Å². The minimum absolute atomic E-state index is 0.112. The van der Waals surface area contributed by atoms with E-state index in [1.54, 1.807) is 0 Å². The Balaban J connectivity index is 1.96. The Hall–Kier alpha value is -1.35. The third-order valence-electron chi connectivity index (χ3n) is 4.38. The fraction of sp³-hybridized carbons (Fsp3) is 0.650. The van der Waals surface area contributed by atoms with Gasteiger partial charge in [0.05, 0.1) is 0 Å². The minimum Gasteiger partial charge on any atom is -0.459 e. The molecule has 1 aromatic carbocycles. The maximum Gasteiger partial charge on any atom is 0.323 e. The van der Waals surface area contributed by atoms with E-state index in [0.29, 0.717) is 12.5 Å². The maximum absolute atomic E-state index is 12.6. The van der Waals surface area contributed by atoms with E-state index in [2.05, 4.69) is 17.4 Å². The van der Waals surface area contributed by atoms with Gasteiger partial charge in [-0.25, -0.2) is 0 Å². The average molecular weight is 317 g/mol. The van der Waals surface area contributed by atoms with Gasteiger partial charge in [0, 0.05) is 6.54 Å². The van der Waals surface area contributed by atoms with Crippen molar-refractivity contribution < 1.29 is 9.53 Å². The van der Waals surface area contributed by atoms with Gasteiger partial charge in [0.2, 0.25) is 0 Å². The second kappa shape index (κ2) is 8.49. The number of nitrogens with one attached hydrogen (secondary N) is 1. The van der Waals surface area contributed by atoms with Gasteiger partial charge in [0.1, 0.15) is 11.6 Å². The Morgan fingerprint density at radius 3 is 2.43 bits per heavy atom. The Bertz CT molecular complexity index is 472. The molecule has 0 aliphatic heterocycles. The fourth-order valence-corrected chi connectivity index (χ4v) is 3.23. The molecule has 23 heavy (non-hydrogen) atoms. The summed E-state index contributed by atoms with van der Waals surface area (Å²) >= 11 is 0. The number of carbonyl (C=O) groups is 1. The van der Waals surface area contributed by atoms with Crippen molar-refractivity contribution in [3.8, 4) is 0 Å². The van der Waals surface area contributed by atoms with E-state index < -0.39 is 5.60 Å². The first-order valence-electron chi connectivity index (χ1n) is 8.94. The molecule has 1 N–H and O–H groups in total. The number of hydrogen-bond acceptors (Lipinski definition) is 3. The first kappa shape index (κ1) is 18.0. The molecule has 2 rings (SSSR count). The SMILES string of the molecule is CC(C)(C)OC(=O)C(CC1CCCCC1)NCc1ccccc1. The molecule has 1 unspecified atom stereocenters. The highest BCUT2D eigenvalue weighted by Gasteiger charge is 2.28. The number of carbonyl (C=O) groups excluding carboxylic acids is 1. The van der Waals surface area contributed by atoms with Crippen molar-refractivity contribution in [2.24, 2.45) is 5.92 Å². The number of rotatable bonds is 6. The van der Waals surface area contributed by atoms with E-state index in [9.17, 15) is 4.79 Å². The fourth-order valence-electron chi connectivity index (χ4n) is 3.23. The van der Waals surface area contributed by atoms with Crippen LogP contribution in [0.5, 0.6) is 0 Å². The zero-order valence-electron chi connectivity index (χ0n) is 14.8. The lowest BCUT2D eigenvalue weighted by Crippen LogP contribution is -2.42. The zero-order chi connectivity index (χ0) is 16.7. The van der Waals surface area contributed by atoms with Crippen LogP contribution in [-0.4, -0.2) is 17.6 Å². The molecule has 0 heterocycles. The third-order valence-corrected chi connectivity index (χ3v) is 4.38. The van der Waals surface area contributed by atoms with E-state index in [1.807, 2.05) is 39.0 Å². The summed E-state index contributed by atoms with van der Waals surface area (Å²) < 4.78 is 5.63. The highest BCUT2D eigenvalue weighted by molar-refractivity contribution is 5.76. The Morgan fingerprint density at radius 1 is 1.17 bits per heavy atom. The van der Waals surface area contributed by atoms with Gasteiger partial charge in [-0.05, 0) is 38.7 Å². The van der Waals surface area contributed by atoms with Crippen LogP contribution >= 0.6 is 0 Å². The number of ether oxygens (including phenoxy) is 1. The van der Waals surface area contributed by atoms with Gasteiger partial charge in [0.25, 0.3) is 0 Å². The first-order valence-corrected chi connectivity index (χ1v) is 8.94. The summed E-state index contributed by atoms with van der Waals surface area (Å²) in [5.74, 6) is 0.531. The van der Waals surface area contributed by atoms with E-state index in [-0.39, 0.29) is 12.0 Å². The Morgan fingerprint density at radius 2 is 1.83 bits per heavy atom. The van der Waals surface area contributed by atoms with Crippen molar-refractivity contribution in [2.75, 3.05) is 0 Å². The van der Waals surface area contributed by atoms with Crippen LogP contribution in [0, 0.1) is 5.92 Å². The Labute approximate surface area is 140 Å². The minimum atomic E-state index is -0.434. The molecule has 1 fully saturated rings. The first-order chi connectivity index (χ1) is 10.9. The topological polar surface area (TPSA) is 38.3 Å². The van der Waals surface area contributed by atoms with Crippen LogP contribution in [0.3, 0.4) is 0 Å². The second-order valence-corrected chi connectivity index (χ2v) is 7.69. The normalized spacial score (nSPS) is 17.7. The smallest absolute Gasteiger partial charge is 0.323 e. The number of esters is 1. The second-order valence-electron chi connectivity index (χ2n) is 7.69. The molecular formula is C20H31NO2. The van der Waals surface area contributed by atoms with Crippen molar-refractivity contribution in [2.45, 2.75) is 77.5 Å². The molecule has 1 saturated carbocycles. The highest BCUT2D eigenvalue weighted by atomic mass is 16.6. The third kappa shape index (κ3) is 6.74. The molecule has 0 saturated heterocycles. The largest absolute Gasteiger partial charge is 0.459 e. The van der Waals surface area contributed by atoms with E-state index in [4.69, 9.17) is 4.74 Å². The van der Waals surface area contributed by atoms with Crippen LogP contribution < -0.4 is 5.32 Å². The number of hydrogen-bond donors (Lipinski definition) is 1. The van der Waals surface area contributed by atoms with Gasteiger partial charge in [0.15, 0.2) is 0 Å². The summed E-state index contributed by atoms with van der Waals surface area (Å²) in [4.78, 5) is 12.6. The van der Waals surface area contributed by atoms with E-state index in [0.717, 1.165) is 6.42 Å². The van der Waals surface area contributed by atoms with Crippen LogP contribution in [-0.2, 0) is 16.1 Å². The number of benzene rings is 1. The molecule has 3 heteroatoms. The monoisotopic (exact) mass is 317 g/mol. The highest BCUT2D eigenvalue weighted by Crippen LogP contribution is 2.28. The maximum atomic E-state index is 12.6. The van der Waals surface area contributed by atoms with Crippen LogP contribution in [0.25, 0.3) is 0 Å². The van der Waals surface area contributed by atoms with Crippen molar-refractivity contribution in [1.29, 1.82) is 0 Å². The van der Waals surface area contributed by atoms with Crippen LogP contribution in [0.4, 0.5) is 0 Å². The molecule has 0 bridgehead atoms. The molecule has 128 valence electrons. The van der Waals surface area contributed by atoms with Gasteiger partial charge < -0.3 is 10.1 Å². The summed E-state index contributed by atoms with van der Waals surface area (Å²) in [5, 5.41) is 3.43. The lowest BCUT2D eigenvalue weighted by atomic mass is 9.84. The van der Waals surface area contributed by atoms with Gasteiger partial charge in [-0.2, -0.15) is 0 Å². The van der Waals surface area contributed by atoms with Gasteiger partial charge >= 0.3 is 5.97 Å².